The highest BCUT2D eigenvalue weighted by Crippen LogP contribution is 2.07. The van der Waals surface area contributed by atoms with Crippen LogP contribution in [0, 0.1) is 16.7 Å². The number of carboxylic acid groups (broad SMARTS) is 1. The van der Waals surface area contributed by atoms with Crippen molar-refractivity contribution in [2.75, 3.05) is 0 Å². The molecule has 0 heterocycles. The summed E-state index contributed by atoms with van der Waals surface area (Å²) in [6, 6.07) is 0. The molecular weight excluding hydrogens is 156 g/mol. The minimum Gasteiger partial charge on any atom is -0.481 e. The van der Waals surface area contributed by atoms with E-state index in [0.29, 0.717) is 12.8 Å². The first-order chi connectivity index (χ1) is 5.72. The summed E-state index contributed by atoms with van der Waals surface area (Å²) in [5.74, 6) is -1.57. The molecule has 4 nitrogen and oxygen atoms in total. The molecule has 0 aromatic carbocycles. The Balaban J connectivity index is 3.51. The quantitative estimate of drug-likeness (QED) is 0.400. The zero-order chi connectivity index (χ0) is 9.40. The van der Waals surface area contributed by atoms with Crippen molar-refractivity contribution in [1.29, 1.82) is 10.8 Å². The molecule has 68 valence electrons. The Labute approximate surface area is 71.6 Å². The average molecular weight is 170 g/mol. The van der Waals surface area contributed by atoms with E-state index in [4.69, 9.17) is 15.9 Å². The summed E-state index contributed by atoms with van der Waals surface area (Å²) in [5.41, 5.74) is 0. The summed E-state index contributed by atoms with van der Waals surface area (Å²) in [6.45, 7) is 0. The first-order valence-electron chi connectivity index (χ1n) is 3.94. The summed E-state index contributed by atoms with van der Waals surface area (Å²) in [5, 5.41) is 22.1. The Bertz CT molecular complexity index is 168. The number of rotatable bonds is 7. The Morgan fingerprint density at radius 2 is 2.08 bits per heavy atom. The highest BCUT2D eigenvalue weighted by Gasteiger charge is 2.12. The van der Waals surface area contributed by atoms with Crippen LogP contribution in [0.1, 0.15) is 25.7 Å². The topological polar surface area (TPSA) is 85.0 Å². The molecule has 0 saturated carbocycles. The molecule has 0 fully saturated rings. The van der Waals surface area contributed by atoms with Crippen molar-refractivity contribution in [1.82, 2.24) is 0 Å². The van der Waals surface area contributed by atoms with Crippen molar-refractivity contribution in [2.45, 2.75) is 25.7 Å². The van der Waals surface area contributed by atoms with E-state index in [1.807, 2.05) is 0 Å². The molecular formula is C8H14N2O2. The van der Waals surface area contributed by atoms with Gasteiger partial charge in [0.2, 0.25) is 0 Å². The van der Waals surface area contributed by atoms with Gasteiger partial charge in [0.1, 0.15) is 0 Å². The Morgan fingerprint density at radius 1 is 1.42 bits per heavy atom. The molecule has 0 aliphatic heterocycles. The second kappa shape index (κ2) is 6.52. The molecule has 1 atom stereocenters. The molecule has 1 unspecified atom stereocenters. The number of nitrogens with one attached hydrogen (secondary N) is 2. The first kappa shape index (κ1) is 10.8. The van der Waals surface area contributed by atoms with E-state index in [0.717, 1.165) is 19.1 Å². The van der Waals surface area contributed by atoms with Crippen molar-refractivity contribution >= 4 is 18.4 Å². The third kappa shape index (κ3) is 4.60. The molecule has 12 heavy (non-hydrogen) atoms. The Kier molecular flexibility index (Phi) is 5.87. The van der Waals surface area contributed by atoms with Crippen LogP contribution in [0.25, 0.3) is 0 Å². The van der Waals surface area contributed by atoms with Gasteiger partial charge in [-0.15, -0.1) is 0 Å². The van der Waals surface area contributed by atoms with Crippen LogP contribution in [0.4, 0.5) is 0 Å². The fraction of sp³-hybridized carbons (Fsp3) is 0.625. The van der Waals surface area contributed by atoms with Crippen LogP contribution in [-0.2, 0) is 4.79 Å². The fourth-order valence-corrected chi connectivity index (χ4v) is 0.889. The highest BCUT2D eigenvalue weighted by atomic mass is 16.4. The van der Waals surface area contributed by atoms with Gasteiger partial charge in [-0.05, 0) is 25.5 Å². The summed E-state index contributed by atoms with van der Waals surface area (Å²) in [4.78, 5) is 10.4. The number of hydrogen-bond donors (Lipinski definition) is 3. The molecule has 0 bridgehead atoms. The lowest BCUT2D eigenvalue weighted by Gasteiger charge is -2.03. The van der Waals surface area contributed by atoms with Gasteiger partial charge in [-0.2, -0.15) is 0 Å². The SMILES string of the molecule is N=CCCCCC(C=N)C(=O)O. The van der Waals surface area contributed by atoms with E-state index < -0.39 is 11.9 Å². The van der Waals surface area contributed by atoms with Crippen molar-refractivity contribution in [3.63, 3.8) is 0 Å². The minimum atomic E-state index is -0.931. The van der Waals surface area contributed by atoms with Crippen molar-refractivity contribution in [3.05, 3.63) is 0 Å². The van der Waals surface area contributed by atoms with Crippen LogP contribution < -0.4 is 0 Å². The van der Waals surface area contributed by atoms with Crippen molar-refractivity contribution < 1.29 is 9.90 Å². The average Bonchev–Trinajstić information content (AvgIpc) is 2.04. The molecule has 0 radical (unpaired) electrons. The summed E-state index contributed by atoms with van der Waals surface area (Å²) >= 11 is 0. The molecule has 0 amide bonds. The van der Waals surface area contributed by atoms with Crippen molar-refractivity contribution in [3.8, 4) is 0 Å². The lowest BCUT2D eigenvalue weighted by Crippen LogP contribution is -2.14. The van der Waals surface area contributed by atoms with Crippen LogP contribution in [0.3, 0.4) is 0 Å². The largest absolute Gasteiger partial charge is 0.481 e. The predicted molar refractivity (Wildman–Crippen MR) is 47.2 cm³/mol. The van der Waals surface area contributed by atoms with Crippen LogP contribution in [0.5, 0.6) is 0 Å². The van der Waals surface area contributed by atoms with Crippen LogP contribution in [0.15, 0.2) is 0 Å². The molecule has 0 aliphatic carbocycles. The van der Waals surface area contributed by atoms with E-state index in [1.165, 1.54) is 6.21 Å². The van der Waals surface area contributed by atoms with E-state index in [1.54, 1.807) is 0 Å². The summed E-state index contributed by atoms with van der Waals surface area (Å²) in [6.07, 6.45) is 5.09. The smallest absolute Gasteiger partial charge is 0.311 e. The minimum absolute atomic E-state index is 0.507. The second-order valence-electron chi connectivity index (χ2n) is 2.60. The third-order valence-electron chi connectivity index (χ3n) is 1.63. The number of carbonyl (C=O) groups is 1. The van der Waals surface area contributed by atoms with Gasteiger partial charge in [-0.25, -0.2) is 0 Å². The third-order valence-corrected chi connectivity index (χ3v) is 1.63. The van der Waals surface area contributed by atoms with Gasteiger partial charge >= 0.3 is 5.97 Å². The Hall–Kier alpha value is -1.19. The van der Waals surface area contributed by atoms with Gasteiger partial charge in [0.25, 0.3) is 0 Å². The van der Waals surface area contributed by atoms with E-state index >= 15 is 0 Å². The number of unbranched alkanes of at least 4 members (excludes halogenated alkanes) is 2. The number of hydrogen-bond acceptors (Lipinski definition) is 3. The van der Waals surface area contributed by atoms with Gasteiger partial charge in [-0.3, -0.25) is 4.79 Å². The monoisotopic (exact) mass is 170 g/mol. The van der Waals surface area contributed by atoms with Gasteiger partial charge in [0.15, 0.2) is 0 Å². The lowest BCUT2D eigenvalue weighted by atomic mass is 10.0. The zero-order valence-electron chi connectivity index (χ0n) is 6.92. The fourth-order valence-electron chi connectivity index (χ4n) is 0.889. The first-order valence-corrected chi connectivity index (χ1v) is 3.94. The van der Waals surface area contributed by atoms with Gasteiger partial charge in [-0.1, -0.05) is 6.42 Å². The zero-order valence-corrected chi connectivity index (χ0v) is 6.92. The van der Waals surface area contributed by atoms with E-state index in [2.05, 4.69) is 0 Å². The Morgan fingerprint density at radius 3 is 2.50 bits per heavy atom. The molecule has 0 aliphatic rings. The maximum Gasteiger partial charge on any atom is 0.311 e. The standard InChI is InChI=1S/C8H14N2O2/c9-5-3-1-2-4-7(6-10)8(11)12/h5-7,9-10H,1-4H2,(H,11,12). The normalized spacial score (nSPS) is 12.0. The van der Waals surface area contributed by atoms with Crippen LogP contribution >= 0.6 is 0 Å². The van der Waals surface area contributed by atoms with Crippen LogP contribution in [-0.4, -0.2) is 23.5 Å². The molecule has 4 heteroatoms. The molecule has 0 spiro atoms. The molecule has 3 N–H and O–H groups in total. The second-order valence-corrected chi connectivity index (χ2v) is 2.60. The maximum atomic E-state index is 10.4. The predicted octanol–water partition coefficient (Wildman–Crippen LogP) is 1.55. The van der Waals surface area contributed by atoms with E-state index in [9.17, 15) is 4.79 Å². The van der Waals surface area contributed by atoms with Crippen molar-refractivity contribution in [2.24, 2.45) is 5.92 Å². The molecule has 0 aromatic heterocycles. The number of carboxylic acids is 1. The summed E-state index contributed by atoms with van der Waals surface area (Å²) in [7, 11) is 0. The number of aliphatic carboxylic acids is 1. The molecule has 0 aromatic rings. The van der Waals surface area contributed by atoms with E-state index in [-0.39, 0.29) is 0 Å². The van der Waals surface area contributed by atoms with Gasteiger partial charge < -0.3 is 15.9 Å². The lowest BCUT2D eigenvalue weighted by molar-refractivity contribution is -0.139. The molecule has 0 saturated heterocycles. The summed E-state index contributed by atoms with van der Waals surface area (Å²) < 4.78 is 0. The van der Waals surface area contributed by atoms with Crippen LogP contribution in [0.2, 0.25) is 0 Å². The highest BCUT2D eigenvalue weighted by molar-refractivity contribution is 5.87. The molecule has 0 rings (SSSR count). The maximum absolute atomic E-state index is 10.4. The van der Waals surface area contributed by atoms with Gasteiger partial charge in [0.05, 0.1) is 5.92 Å². The van der Waals surface area contributed by atoms with Gasteiger partial charge in [0, 0.05) is 6.21 Å².